The van der Waals surface area contributed by atoms with E-state index in [1.54, 1.807) is 6.92 Å². The second kappa shape index (κ2) is 10.7. The molecule has 0 saturated heterocycles. The molecule has 1 amide bonds. The Bertz CT molecular complexity index is 1350. The van der Waals surface area contributed by atoms with Gasteiger partial charge in [0.25, 0.3) is 15.7 Å². The van der Waals surface area contributed by atoms with Crippen molar-refractivity contribution in [3.63, 3.8) is 0 Å². The SMILES string of the molecule is COc1ccc(Cl)cc1N(CC(=O)N[C@H](C)c1ccccc1)S(=O)(=O)c1ccc(C)c([N+](=O)[O-])c1. The molecule has 0 aliphatic heterocycles. The van der Waals surface area contributed by atoms with Gasteiger partial charge in [-0.05, 0) is 43.7 Å². The van der Waals surface area contributed by atoms with Crippen LogP contribution in [0.15, 0.2) is 71.6 Å². The Kier molecular flexibility index (Phi) is 7.98. The van der Waals surface area contributed by atoms with Gasteiger partial charge in [0.2, 0.25) is 5.91 Å². The summed E-state index contributed by atoms with van der Waals surface area (Å²) in [4.78, 5) is 23.4. The van der Waals surface area contributed by atoms with Gasteiger partial charge in [0.05, 0.1) is 28.7 Å². The Morgan fingerprint density at radius 3 is 2.46 bits per heavy atom. The molecule has 0 saturated carbocycles. The Morgan fingerprint density at radius 2 is 1.83 bits per heavy atom. The number of anilines is 1. The smallest absolute Gasteiger partial charge is 0.273 e. The summed E-state index contributed by atoms with van der Waals surface area (Å²) in [5.74, 6) is -0.433. The first-order valence-corrected chi connectivity index (χ1v) is 12.3. The Morgan fingerprint density at radius 1 is 1.14 bits per heavy atom. The van der Waals surface area contributed by atoms with Gasteiger partial charge < -0.3 is 10.1 Å². The number of sulfonamides is 1. The van der Waals surface area contributed by atoms with Crippen LogP contribution in [0.1, 0.15) is 24.1 Å². The van der Waals surface area contributed by atoms with E-state index in [0.717, 1.165) is 15.9 Å². The van der Waals surface area contributed by atoms with E-state index in [1.807, 2.05) is 30.3 Å². The highest BCUT2D eigenvalue weighted by Gasteiger charge is 2.31. The van der Waals surface area contributed by atoms with E-state index >= 15 is 0 Å². The Labute approximate surface area is 208 Å². The van der Waals surface area contributed by atoms with Gasteiger partial charge in [-0.3, -0.25) is 19.2 Å². The number of aryl methyl sites for hydroxylation is 1. The molecule has 0 spiro atoms. The normalized spacial score (nSPS) is 12.0. The first kappa shape index (κ1) is 26.0. The van der Waals surface area contributed by atoms with Crippen molar-refractivity contribution >= 4 is 38.9 Å². The molecular weight excluding hydrogens is 494 g/mol. The molecule has 1 N–H and O–H groups in total. The monoisotopic (exact) mass is 517 g/mol. The molecule has 9 nitrogen and oxygen atoms in total. The standard InChI is InChI=1S/C24H24ClN3O6S/c1-16-9-11-20(14-21(16)28(30)31)35(32,33)27(22-13-19(25)10-12-23(22)34-3)15-24(29)26-17(2)18-7-5-4-6-8-18/h4-14,17H,15H2,1-3H3,(H,26,29)/t17-/m1/s1. The number of benzene rings is 3. The minimum absolute atomic E-state index is 0.0192. The Balaban J connectivity index is 2.05. The van der Waals surface area contributed by atoms with E-state index < -0.39 is 33.4 Å². The predicted molar refractivity (Wildman–Crippen MR) is 133 cm³/mol. The predicted octanol–water partition coefficient (Wildman–Crippen LogP) is 4.64. The molecule has 0 aromatic heterocycles. The minimum atomic E-state index is -4.44. The molecule has 1 atom stereocenters. The molecule has 3 aromatic rings. The molecule has 0 bridgehead atoms. The quantitative estimate of drug-likeness (QED) is 0.326. The third-order valence-corrected chi connectivity index (χ3v) is 7.33. The number of nitrogens with one attached hydrogen (secondary N) is 1. The molecule has 35 heavy (non-hydrogen) atoms. The van der Waals surface area contributed by atoms with E-state index in [9.17, 15) is 23.3 Å². The Hall–Kier alpha value is -3.63. The highest BCUT2D eigenvalue weighted by Crippen LogP contribution is 2.35. The maximum Gasteiger partial charge on any atom is 0.273 e. The topological polar surface area (TPSA) is 119 Å². The lowest BCUT2D eigenvalue weighted by atomic mass is 10.1. The molecule has 3 rings (SSSR count). The zero-order valence-corrected chi connectivity index (χ0v) is 20.8. The number of hydrogen-bond donors (Lipinski definition) is 1. The van der Waals surface area contributed by atoms with Crippen LogP contribution < -0.4 is 14.4 Å². The van der Waals surface area contributed by atoms with Crippen LogP contribution in [-0.4, -0.2) is 32.9 Å². The summed E-state index contributed by atoms with van der Waals surface area (Å²) < 4.78 is 33.6. The van der Waals surface area contributed by atoms with Crippen molar-refractivity contribution in [2.45, 2.75) is 24.8 Å². The van der Waals surface area contributed by atoms with Crippen molar-refractivity contribution < 1.29 is 22.9 Å². The molecule has 0 heterocycles. The number of nitro groups is 1. The number of carbonyl (C=O) groups is 1. The van der Waals surface area contributed by atoms with Gasteiger partial charge in [-0.1, -0.05) is 48.0 Å². The van der Waals surface area contributed by atoms with E-state index in [2.05, 4.69) is 5.32 Å². The zero-order valence-electron chi connectivity index (χ0n) is 19.3. The number of carbonyl (C=O) groups excluding carboxylic acids is 1. The van der Waals surface area contributed by atoms with Crippen LogP contribution in [0.25, 0.3) is 0 Å². The van der Waals surface area contributed by atoms with Crippen molar-refractivity contribution in [2.75, 3.05) is 18.0 Å². The average Bonchev–Trinajstić information content (AvgIpc) is 2.82. The highest BCUT2D eigenvalue weighted by atomic mass is 35.5. The fraction of sp³-hybridized carbons (Fsp3) is 0.208. The van der Waals surface area contributed by atoms with Gasteiger partial charge in [0.15, 0.2) is 0 Å². The van der Waals surface area contributed by atoms with Crippen LogP contribution >= 0.6 is 11.6 Å². The highest BCUT2D eigenvalue weighted by molar-refractivity contribution is 7.92. The summed E-state index contributed by atoms with van der Waals surface area (Å²) in [6.45, 7) is 2.66. The lowest BCUT2D eigenvalue weighted by Crippen LogP contribution is -2.41. The maximum atomic E-state index is 13.7. The summed E-state index contributed by atoms with van der Waals surface area (Å²) in [5.41, 5.74) is 0.803. The summed E-state index contributed by atoms with van der Waals surface area (Å²) in [7, 11) is -3.09. The van der Waals surface area contributed by atoms with E-state index in [4.69, 9.17) is 16.3 Å². The molecule has 0 aliphatic rings. The molecular formula is C24H24ClN3O6S. The first-order valence-electron chi connectivity index (χ1n) is 10.5. The number of amides is 1. The van der Waals surface area contributed by atoms with Crippen molar-refractivity contribution in [3.05, 3.63) is 93.0 Å². The van der Waals surface area contributed by atoms with Crippen molar-refractivity contribution in [2.24, 2.45) is 0 Å². The first-order chi connectivity index (χ1) is 16.5. The average molecular weight is 518 g/mol. The molecule has 3 aromatic carbocycles. The number of methoxy groups -OCH3 is 1. The second-order valence-corrected chi connectivity index (χ2v) is 10.0. The largest absolute Gasteiger partial charge is 0.495 e. The number of nitrogens with zero attached hydrogens (tertiary/aromatic N) is 2. The number of hydrogen-bond acceptors (Lipinski definition) is 6. The summed E-state index contributed by atoms with van der Waals surface area (Å²) >= 11 is 6.14. The third-order valence-electron chi connectivity index (χ3n) is 5.34. The fourth-order valence-corrected chi connectivity index (χ4v) is 5.08. The second-order valence-electron chi connectivity index (χ2n) is 7.73. The lowest BCUT2D eigenvalue weighted by Gasteiger charge is -2.26. The van der Waals surface area contributed by atoms with Crippen LogP contribution in [-0.2, 0) is 14.8 Å². The number of nitro benzene ring substituents is 1. The van der Waals surface area contributed by atoms with Crippen molar-refractivity contribution in [1.82, 2.24) is 5.32 Å². The molecule has 184 valence electrons. The van der Waals surface area contributed by atoms with Gasteiger partial charge in [-0.15, -0.1) is 0 Å². The van der Waals surface area contributed by atoms with Gasteiger partial charge in [-0.2, -0.15) is 0 Å². The van der Waals surface area contributed by atoms with Crippen LogP contribution in [0.4, 0.5) is 11.4 Å². The lowest BCUT2D eigenvalue weighted by molar-refractivity contribution is -0.385. The van der Waals surface area contributed by atoms with E-state index in [-0.39, 0.29) is 27.0 Å². The molecule has 0 unspecified atom stereocenters. The summed E-state index contributed by atoms with van der Waals surface area (Å²) in [5, 5.41) is 14.4. The minimum Gasteiger partial charge on any atom is -0.495 e. The van der Waals surface area contributed by atoms with Crippen LogP contribution in [0.5, 0.6) is 5.75 Å². The van der Waals surface area contributed by atoms with Crippen LogP contribution in [0, 0.1) is 17.0 Å². The van der Waals surface area contributed by atoms with Crippen LogP contribution in [0.3, 0.4) is 0 Å². The summed E-state index contributed by atoms with van der Waals surface area (Å²) in [6.07, 6.45) is 0. The van der Waals surface area contributed by atoms with Gasteiger partial charge in [0.1, 0.15) is 12.3 Å². The van der Waals surface area contributed by atoms with Crippen molar-refractivity contribution in [3.8, 4) is 5.75 Å². The van der Waals surface area contributed by atoms with Gasteiger partial charge in [0, 0.05) is 16.7 Å². The van der Waals surface area contributed by atoms with Crippen molar-refractivity contribution in [1.29, 1.82) is 0 Å². The third kappa shape index (κ3) is 5.90. The zero-order chi connectivity index (χ0) is 25.8. The molecule has 0 fully saturated rings. The van der Waals surface area contributed by atoms with Gasteiger partial charge in [-0.25, -0.2) is 8.42 Å². The molecule has 11 heteroatoms. The number of halogens is 1. The fourth-order valence-electron chi connectivity index (χ4n) is 3.47. The number of ether oxygens (including phenoxy) is 1. The number of rotatable bonds is 9. The molecule has 0 aliphatic carbocycles. The van der Waals surface area contributed by atoms with E-state index in [0.29, 0.717) is 5.56 Å². The summed E-state index contributed by atoms with van der Waals surface area (Å²) in [6, 6.07) is 16.7. The molecule has 0 radical (unpaired) electrons. The van der Waals surface area contributed by atoms with Gasteiger partial charge >= 0.3 is 0 Å². The van der Waals surface area contributed by atoms with Crippen LogP contribution in [0.2, 0.25) is 5.02 Å². The van der Waals surface area contributed by atoms with E-state index in [1.165, 1.54) is 44.4 Å². The maximum absolute atomic E-state index is 13.7.